The molecule has 2 aromatic rings. The second-order valence-corrected chi connectivity index (χ2v) is 7.32. The molecule has 0 aliphatic heterocycles. The molecule has 1 aromatic carbocycles. The van der Waals surface area contributed by atoms with E-state index in [-0.39, 0.29) is 17.7 Å². The Balaban J connectivity index is 1.62. The SMILES string of the molecule is CCOC(=O)C1CCCC(CCN(OC)c2cc(-c3ccc(F)cc3)ncn2)C1. The van der Waals surface area contributed by atoms with Crippen LogP contribution >= 0.6 is 0 Å². The Morgan fingerprint density at radius 1 is 1.24 bits per heavy atom. The molecule has 1 fully saturated rings. The number of aromatic nitrogens is 2. The highest BCUT2D eigenvalue weighted by molar-refractivity contribution is 5.72. The smallest absolute Gasteiger partial charge is 0.308 e. The van der Waals surface area contributed by atoms with Gasteiger partial charge < -0.3 is 4.74 Å². The molecule has 2 atom stereocenters. The van der Waals surface area contributed by atoms with Gasteiger partial charge in [0, 0.05) is 18.2 Å². The topological polar surface area (TPSA) is 64.5 Å². The molecule has 1 aliphatic rings. The minimum Gasteiger partial charge on any atom is -0.466 e. The number of ether oxygens (including phenoxy) is 1. The number of hydrogen-bond acceptors (Lipinski definition) is 6. The summed E-state index contributed by atoms with van der Waals surface area (Å²) in [5.41, 5.74) is 1.52. The molecule has 3 rings (SSSR count). The van der Waals surface area contributed by atoms with Crippen LogP contribution in [0.5, 0.6) is 0 Å². The monoisotopic (exact) mass is 401 g/mol. The lowest BCUT2D eigenvalue weighted by Crippen LogP contribution is -2.29. The van der Waals surface area contributed by atoms with Gasteiger partial charge in [0.15, 0.2) is 5.82 Å². The van der Waals surface area contributed by atoms with Gasteiger partial charge in [-0.3, -0.25) is 9.63 Å². The summed E-state index contributed by atoms with van der Waals surface area (Å²) in [5, 5.41) is 1.74. The number of halogens is 1. The molecule has 0 radical (unpaired) electrons. The fourth-order valence-corrected chi connectivity index (χ4v) is 3.89. The molecule has 0 amide bonds. The highest BCUT2D eigenvalue weighted by Gasteiger charge is 2.28. The molecule has 0 saturated heterocycles. The minimum absolute atomic E-state index is 0.00817. The normalized spacial score (nSPS) is 19.0. The largest absolute Gasteiger partial charge is 0.466 e. The van der Waals surface area contributed by atoms with Crippen molar-refractivity contribution in [2.45, 2.75) is 39.0 Å². The van der Waals surface area contributed by atoms with E-state index in [4.69, 9.17) is 9.57 Å². The van der Waals surface area contributed by atoms with E-state index in [1.807, 2.05) is 13.0 Å². The second kappa shape index (κ2) is 10.3. The van der Waals surface area contributed by atoms with E-state index < -0.39 is 0 Å². The number of carbonyl (C=O) groups is 1. The van der Waals surface area contributed by atoms with Gasteiger partial charge in [0.05, 0.1) is 25.3 Å². The van der Waals surface area contributed by atoms with Gasteiger partial charge in [-0.1, -0.05) is 12.8 Å². The van der Waals surface area contributed by atoms with Crippen molar-refractivity contribution in [2.24, 2.45) is 11.8 Å². The van der Waals surface area contributed by atoms with E-state index in [1.165, 1.54) is 18.5 Å². The molecule has 6 nitrogen and oxygen atoms in total. The average Bonchev–Trinajstić information content (AvgIpc) is 2.75. The van der Waals surface area contributed by atoms with Crippen LogP contribution in [-0.2, 0) is 14.4 Å². The van der Waals surface area contributed by atoms with Crippen LogP contribution in [0.25, 0.3) is 11.3 Å². The Bertz CT molecular complexity index is 800. The molecule has 0 bridgehead atoms. The first-order valence-electron chi connectivity index (χ1n) is 10.2. The molecule has 156 valence electrons. The van der Waals surface area contributed by atoms with Crippen LogP contribution in [0.3, 0.4) is 0 Å². The first-order valence-corrected chi connectivity index (χ1v) is 10.2. The lowest BCUT2D eigenvalue weighted by Gasteiger charge is -2.29. The molecule has 1 aromatic heterocycles. The van der Waals surface area contributed by atoms with Gasteiger partial charge in [0.25, 0.3) is 0 Å². The van der Waals surface area contributed by atoms with Crippen LogP contribution in [0.1, 0.15) is 39.0 Å². The quantitative estimate of drug-likeness (QED) is 0.482. The molecule has 1 aliphatic carbocycles. The number of hydroxylamine groups is 1. The highest BCUT2D eigenvalue weighted by atomic mass is 19.1. The first-order chi connectivity index (χ1) is 14.1. The van der Waals surface area contributed by atoms with Gasteiger partial charge >= 0.3 is 5.97 Å². The highest BCUT2D eigenvalue weighted by Crippen LogP contribution is 2.32. The van der Waals surface area contributed by atoms with Gasteiger partial charge in [-0.15, -0.1) is 0 Å². The number of esters is 1. The molecule has 0 N–H and O–H groups in total. The van der Waals surface area contributed by atoms with Gasteiger partial charge in [-0.05, 0) is 56.4 Å². The van der Waals surface area contributed by atoms with Crippen molar-refractivity contribution in [3.63, 3.8) is 0 Å². The third-order valence-corrected chi connectivity index (χ3v) is 5.41. The summed E-state index contributed by atoms with van der Waals surface area (Å²) in [6, 6.07) is 8.04. The van der Waals surface area contributed by atoms with E-state index in [2.05, 4.69) is 9.97 Å². The van der Waals surface area contributed by atoms with Crippen LogP contribution in [0.4, 0.5) is 10.2 Å². The van der Waals surface area contributed by atoms with Crippen LogP contribution < -0.4 is 5.06 Å². The molecule has 2 unspecified atom stereocenters. The van der Waals surface area contributed by atoms with Crippen molar-refractivity contribution in [2.75, 3.05) is 25.3 Å². The molecule has 7 heteroatoms. The van der Waals surface area contributed by atoms with Crippen molar-refractivity contribution in [1.29, 1.82) is 0 Å². The summed E-state index contributed by atoms with van der Waals surface area (Å²) in [4.78, 5) is 26.2. The fourth-order valence-electron chi connectivity index (χ4n) is 3.89. The predicted molar refractivity (Wildman–Crippen MR) is 108 cm³/mol. The lowest BCUT2D eigenvalue weighted by atomic mass is 9.80. The maximum atomic E-state index is 13.2. The summed E-state index contributed by atoms with van der Waals surface area (Å²) in [7, 11) is 1.61. The first kappa shape index (κ1) is 21.2. The molecule has 1 heterocycles. The Hall–Kier alpha value is -2.54. The number of nitrogens with zero attached hydrogens (tertiary/aromatic N) is 3. The van der Waals surface area contributed by atoms with Crippen LogP contribution in [0.2, 0.25) is 0 Å². The van der Waals surface area contributed by atoms with E-state index in [1.54, 1.807) is 24.3 Å². The standard InChI is InChI=1S/C22H28FN3O3/c1-3-29-22(27)18-6-4-5-16(13-18)11-12-26(28-2)21-14-20(24-15-25-21)17-7-9-19(23)10-8-17/h7-10,14-16,18H,3-6,11-13H2,1-2H3. The number of benzene rings is 1. The lowest BCUT2D eigenvalue weighted by molar-refractivity contribution is -0.149. The van der Waals surface area contributed by atoms with Crippen molar-refractivity contribution < 1.29 is 18.8 Å². The van der Waals surface area contributed by atoms with Crippen LogP contribution in [0.15, 0.2) is 36.7 Å². The zero-order valence-corrected chi connectivity index (χ0v) is 17.0. The number of rotatable bonds is 8. The Morgan fingerprint density at radius 2 is 2.03 bits per heavy atom. The summed E-state index contributed by atoms with van der Waals surface area (Å²) in [5.74, 6) is 0.762. The fraction of sp³-hybridized carbons (Fsp3) is 0.500. The predicted octanol–water partition coefficient (Wildman–Crippen LogP) is 4.41. The third kappa shape index (κ3) is 5.73. The second-order valence-electron chi connectivity index (χ2n) is 7.32. The molecular formula is C22H28FN3O3. The Kier molecular flexibility index (Phi) is 7.52. The minimum atomic E-state index is -0.282. The van der Waals surface area contributed by atoms with Crippen molar-refractivity contribution in [3.8, 4) is 11.3 Å². The average molecular weight is 401 g/mol. The zero-order chi connectivity index (χ0) is 20.6. The van der Waals surface area contributed by atoms with E-state index in [0.29, 0.717) is 30.6 Å². The van der Waals surface area contributed by atoms with E-state index in [9.17, 15) is 9.18 Å². The maximum absolute atomic E-state index is 13.2. The third-order valence-electron chi connectivity index (χ3n) is 5.41. The summed E-state index contributed by atoms with van der Waals surface area (Å²) < 4.78 is 18.4. The van der Waals surface area contributed by atoms with Crippen molar-refractivity contribution >= 4 is 11.8 Å². The molecule has 29 heavy (non-hydrogen) atoms. The zero-order valence-electron chi connectivity index (χ0n) is 17.0. The molecular weight excluding hydrogens is 373 g/mol. The molecule has 0 spiro atoms. The summed E-state index contributed by atoms with van der Waals surface area (Å²) in [6.07, 6.45) is 6.32. The Morgan fingerprint density at radius 3 is 2.76 bits per heavy atom. The molecule has 1 saturated carbocycles. The number of carbonyl (C=O) groups excluding carboxylic acids is 1. The van der Waals surface area contributed by atoms with E-state index in [0.717, 1.165) is 37.7 Å². The number of anilines is 1. The Labute approximate surface area is 171 Å². The van der Waals surface area contributed by atoms with Gasteiger partial charge in [-0.25, -0.2) is 19.4 Å². The number of hydrogen-bond donors (Lipinski definition) is 0. The van der Waals surface area contributed by atoms with Crippen LogP contribution in [-0.4, -0.2) is 36.2 Å². The van der Waals surface area contributed by atoms with Gasteiger partial charge in [0.2, 0.25) is 0 Å². The van der Waals surface area contributed by atoms with Crippen molar-refractivity contribution in [3.05, 3.63) is 42.5 Å². The van der Waals surface area contributed by atoms with Crippen LogP contribution in [0, 0.1) is 17.7 Å². The van der Waals surface area contributed by atoms with Gasteiger partial charge in [-0.2, -0.15) is 0 Å². The maximum Gasteiger partial charge on any atom is 0.308 e. The van der Waals surface area contributed by atoms with Crippen molar-refractivity contribution in [1.82, 2.24) is 9.97 Å². The van der Waals surface area contributed by atoms with Gasteiger partial charge in [0.1, 0.15) is 12.1 Å². The van der Waals surface area contributed by atoms with E-state index >= 15 is 0 Å². The summed E-state index contributed by atoms with van der Waals surface area (Å²) in [6.45, 7) is 2.94. The summed E-state index contributed by atoms with van der Waals surface area (Å²) >= 11 is 0.